The van der Waals surface area contributed by atoms with Gasteiger partial charge in [-0.15, -0.1) is 0 Å². The van der Waals surface area contributed by atoms with Crippen molar-refractivity contribution in [1.82, 2.24) is 10.6 Å². The van der Waals surface area contributed by atoms with Crippen LogP contribution in [0.15, 0.2) is 36.0 Å². The van der Waals surface area contributed by atoms with Crippen LogP contribution in [0.5, 0.6) is 0 Å². The monoisotopic (exact) mass is 370 g/mol. The number of aryl methyl sites for hydroxylation is 1. The summed E-state index contributed by atoms with van der Waals surface area (Å²) < 4.78 is 37.2. The molecular weight excluding hydrogens is 355 g/mol. The number of ether oxygens (including phenoxy) is 1. The van der Waals surface area contributed by atoms with Gasteiger partial charge < -0.3 is 15.4 Å². The molecule has 0 saturated carbocycles. The molecule has 1 aliphatic heterocycles. The molecular formula is C13H16ClN2NaO5S. The van der Waals surface area contributed by atoms with Crippen LogP contribution < -0.4 is 10.6 Å². The first-order chi connectivity index (χ1) is 10.3. The molecule has 7 nitrogen and oxygen atoms in total. The molecule has 0 fully saturated rings. The topological polar surface area (TPSA) is 105 Å². The predicted octanol–water partition coefficient (Wildman–Crippen LogP) is 0.839. The van der Waals surface area contributed by atoms with Gasteiger partial charge in [-0.3, -0.25) is 4.55 Å². The minimum absolute atomic E-state index is 0. The standard InChI is InChI=1S/C13H15ClN2O5S.Na.H/c1-8-3-2-4-9(5-8)7-21-11(14)10-6-15-13(17)16-12(10)22(18,19)20;;/h2-6,11-12H,7H2,1H3,(H2,15,16,17)(H,18,19,20);;. The van der Waals surface area contributed by atoms with E-state index in [-0.39, 0.29) is 41.7 Å². The molecule has 2 amide bonds. The van der Waals surface area contributed by atoms with E-state index in [1.807, 2.05) is 31.2 Å². The third-order valence-electron chi connectivity index (χ3n) is 2.97. The van der Waals surface area contributed by atoms with Crippen LogP contribution in [0.25, 0.3) is 0 Å². The van der Waals surface area contributed by atoms with Crippen molar-refractivity contribution in [1.29, 1.82) is 0 Å². The van der Waals surface area contributed by atoms with Gasteiger partial charge in [-0.05, 0) is 12.5 Å². The van der Waals surface area contributed by atoms with Gasteiger partial charge >= 0.3 is 35.6 Å². The fourth-order valence-corrected chi connectivity index (χ4v) is 3.09. The van der Waals surface area contributed by atoms with Crippen LogP contribution in [0.4, 0.5) is 4.79 Å². The molecule has 2 unspecified atom stereocenters. The Balaban J connectivity index is 0.00000264. The predicted molar refractivity (Wildman–Crippen MR) is 87.8 cm³/mol. The molecule has 1 aromatic rings. The van der Waals surface area contributed by atoms with Crippen LogP contribution in [-0.2, 0) is 21.5 Å². The average molecular weight is 371 g/mol. The fourth-order valence-electron chi connectivity index (χ4n) is 1.97. The first kappa shape index (κ1) is 20.4. The number of benzene rings is 1. The summed E-state index contributed by atoms with van der Waals surface area (Å²) in [4.78, 5) is 11.2. The number of hydrogen-bond acceptors (Lipinski definition) is 4. The van der Waals surface area contributed by atoms with Gasteiger partial charge in [0, 0.05) is 11.8 Å². The van der Waals surface area contributed by atoms with Gasteiger partial charge in [-0.25, -0.2) is 4.79 Å². The second-order valence-electron chi connectivity index (χ2n) is 4.77. The molecule has 122 valence electrons. The Bertz CT molecular complexity index is 710. The average Bonchev–Trinajstić information content (AvgIpc) is 2.44. The molecule has 2 rings (SSSR count). The van der Waals surface area contributed by atoms with E-state index in [1.165, 1.54) is 0 Å². The van der Waals surface area contributed by atoms with Crippen LogP contribution >= 0.6 is 11.6 Å². The van der Waals surface area contributed by atoms with E-state index in [0.29, 0.717) is 0 Å². The molecule has 1 aromatic carbocycles. The number of nitrogens with one attached hydrogen (secondary N) is 2. The zero-order chi connectivity index (χ0) is 16.3. The zero-order valence-corrected chi connectivity index (χ0v) is 13.2. The van der Waals surface area contributed by atoms with E-state index in [4.69, 9.17) is 16.3 Å². The summed E-state index contributed by atoms with van der Waals surface area (Å²) in [6.07, 6.45) is 1.12. The molecule has 0 spiro atoms. The van der Waals surface area contributed by atoms with E-state index in [2.05, 4.69) is 10.6 Å². The third-order valence-corrected chi connectivity index (χ3v) is 4.34. The van der Waals surface area contributed by atoms with E-state index >= 15 is 0 Å². The number of halogens is 1. The first-order valence-corrected chi connectivity index (χ1v) is 8.26. The Labute approximate surface area is 161 Å². The molecule has 0 saturated heterocycles. The third kappa shape index (κ3) is 5.75. The van der Waals surface area contributed by atoms with Crippen molar-refractivity contribution in [3.05, 3.63) is 47.2 Å². The van der Waals surface area contributed by atoms with Gasteiger partial charge in [0.05, 0.1) is 6.61 Å². The van der Waals surface area contributed by atoms with Crippen molar-refractivity contribution in [3.8, 4) is 0 Å². The van der Waals surface area contributed by atoms with Crippen LogP contribution in [0.1, 0.15) is 11.1 Å². The summed E-state index contributed by atoms with van der Waals surface area (Å²) in [5.41, 5.74) is 0.772. The van der Waals surface area contributed by atoms with Gasteiger partial charge in [0.25, 0.3) is 10.1 Å². The van der Waals surface area contributed by atoms with Crippen molar-refractivity contribution in [2.45, 2.75) is 24.5 Å². The van der Waals surface area contributed by atoms with E-state index in [9.17, 15) is 17.8 Å². The van der Waals surface area contributed by atoms with Gasteiger partial charge in [0.2, 0.25) is 0 Å². The van der Waals surface area contributed by atoms with E-state index < -0.39 is 27.1 Å². The van der Waals surface area contributed by atoms with Crippen LogP contribution in [0.3, 0.4) is 0 Å². The first-order valence-electron chi connectivity index (χ1n) is 6.32. The quantitative estimate of drug-likeness (QED) is 0.404. The Morgan fingerprint density at radius 1 is 1.43 bits per heavy atom. The molecule has 0 aliphatic carbocycles. The Morgan fingerprint density at radius 2 is 2.13 bits per heavy atom. The van der Waals surface area contributed by atoms with Crippen LogP contribution in [0, 0.1) is 6.92 Å². The van der Waals surface area contributed by atoms with Gasteiger partial charge in [0.1, 0.15) is 0 Å². The van der Waals surface area contributed by atoms with Crippen LogP contribution in [0.2, 0.25) is 0 Å². The van der Waals surface area contributed by atoms with E-state index in [0.717, 1.165) is 17.3 Å². The summed E-state index contributed by atoms with van der Waals surface area (Å²) >= 11 is 6.04. The van der Waals surface area contributed by atoms with Gasteiger partial charge in [-0.1, -0.05) is 41.4 Å². The minimum atomic E-state index is -4.55. The van der Waals surface area contributed by atoms with Crippen molar-refractivity contribution in [3.63, 3.8) is 0 Å². The molecule has 0 aromatic heterocycles. The summed E-state index contributed by atoms with van der Waals surface area (Å²) in [6.45, 7) is 2.08. The fraction of sp³-hybridized carbons (Fsp3) is 0.308. The molecule has 1 aliphatic rings. The van der Waals surface area contributed by atoms with Crippen LogP contribution in [-0.4, -0.2) is 59.5 Å². The molecule has 0 radical (unpaired) electrons. The second kappa shape index (κ2) is 8.48. The van der Waals surface area contributed by atoms with Crippen molar-refractivity contribution < 1.29 is 22.5 Å². The number of hydrogen-bond donors (Lipinski definition) is 3. The molecule has 2 atom stereocenters. The van der Waals surface area contributed by atoms with Crippen molar-refractivity contribution >= 4 is 57.3 Å². The second-order valence-corrected chi connectivity index (χ2v) is 6.67. The molecule has 3 N–H and O–H groups in total. The molecule has 0 bridgehead atoms. The maximum atomic E-state index is 11.3. The molecule has 1 heterocycles. The zero-order valence-electron chi connectivity index (χ0n) is 11.6. The SMILES string of the molecule is Cc1cccc(COC(Cl)C2=CNC(=O)NC2S(=O)(=O)O)c1.[NaH]. The number of amides is 2. The normalized spacial score (nSPS) is 19.0. The maximum absolute atomic E-state index is 11.3. The number of urea groups is 1. The Hall–Kier alpha value is -0.610. The van der Waals surface area contributed by atoms with Gasteiger partial charge in [0.15, 0.2) is 10.9 Å². The van der Waals surface area contributed by atoms with Crippen molar-refractivity contribution in [2.75, 3.05) is 0 Å². The number of carbonyl (C=O) groups is 1. The number of rotatable bonds is 5. The number of carbonyl (C=O) groups excluding carboxylic acids is 1. The summed E-state index contributed by atoms with van der Waals surface area (Å²) in [5, 5.41) is 2.71. The summed E-state index contributed by atoms with van der Waals surface area (Å²) in [5.74, 6) is 0. The molecule has 10 heteroatoms. The number of alkyl halides is 1. The van der Waals surface area contributed by atoms with Crippen molar-refractivity contribution in [2.24, 2.45) is 0 Å². The molecule has 23 heavy (non-hydrogen) atoms. The summed E-state index contributed by atoms with van der Waals surface area (Å²) in [6, 6.07) is 6.78. The Morgan fingerprint density at radius 3 is 2.74 bits per heavy atom. The van der Waals surface area contributed by atoms with E-state index in [1.54, 1.807) is 0 Å². The Kier molecular flexibility index (Phi) is 7.53. The van der Waals surface area contributed by atoms with Gasteiger partial charge in [-0.2, -0.15) is 8.42 Å². The summed E-state index contributed by atoms with van der Waals surface area (Å²) in [7, 11) is -4.55.